The summed E-state index contributed by atoms with van der Waals surface area (Å²) in [5.41, 5.74) is 0. The largest absolute Gasteiger partial charge is 0.473 e. The molecule has 0 radical (unpaired) electrons. The number of aliphatic hydroxyl groups excluding tert-OH is 1. The predicted molar refractivity (Wildman–Crippen MR) is 99.5 cm³/mol. The Bertz CT molecular complexity index is 330. The van der Waals surface area contributed by atoms with E-state index in [-0.39, 0.29) is 6.61 Å². The molecule has 0 aromatic rings. The minimum atomic E-state index is -1.61. The van der Waals surface area contributed by atoms with E-state index in [1.54, 1.807) is 0 Å². The summed E-state index contributed by atoms with van der Waals surface area (Å²) in [6.45, 7) is 1.93. The molecule has 0 aromatic carbocycles. The van der Waals surface area contributed by atoms with Gasteiger partial charge in [-0.05, 0) is 12.8 Å². The highest BCUT2D eigenvalue weighted by atomic mass is 16.6. The zero-order valence-corrected chi connectivity index (χ0v) is 16.0. The first-order valence-electron chi connectivity index (χ1n) is 10.2. The Morgan fingerprint density at radius 1 is 0.760 bits per heavy atom. The Morgan fingerprint density at radius 3 is 1.52 bits per heavy atom. The number of unbranched alkanes of at least 4 members (excludes halogenated alkanes) is 13. The fourth-order valence-electron chi connectivity index (χ4n) is 2.96. The van der Waals surface area contributed by atoms with Crippen molar-refractivity contribution in [3.05, 3.63) is 0 Å². The molecule has 0 fully saturated rings. The number of hydrogen-bond donors (Lipinski definition) is 2. The average Bonchev–Trinajstić information content (AvgIpc) is 2.60. The van der Waals surface area contributed by atoms with Crippen molar-refractivity contribution in [3.63, 3.8) is 0 Å². The molecular formula is C20H38O5. The Morgan fingerprint density at radius 2 is 1.16 bits per heavy atom. The van der Waals surface area contributed by atoms with Crippen molar-refractivity contribution in [1.29, 1.82) is 0 Å². The first kappa shape index (κ1) is 23.9. The van der Waals surface area contributed by atoms with Crippen molar-refractivity contribution in [2.75, 3.05) is 6.61 Å². The molecule has 0 amide bonds. The van der Waals surface area contributed by atoms with Crippen LogP contribution in [0.4, 0.5) is 0 Å². The molecule has 0 spiro atoms. The fraction of sp³-hybridized carbons (Fsp3) is 0.900. The standard InChI is InChI=1S/C20H38O5/c1-2-3-4-5-6-7-8-9-10-11-12-13-14-15-16-18(17-21)25-20(24)19(22)23/h18,21H,2-17H2,1H3,(H,22,23). The van der Waals surface area contributed by atoms with Crippen molar-refractivity contribution in [2.24, 2.45) is 0 Å². The van der Waals surface area contributed by atoms with Gasteiger partial charge >= 0.3 is 11.9 Å². The molecule has 1 atom stereocenters. The van der Waals surface area contributed by atoms with E-state index in [9.17, 15) is 9.59 Å². The summed E-state index contributed by atoms with van der Waals surface area (Å²) in [4.78, 5) is 21.3. The van der Waals surface area contributed by atoms with Gasteiger partial charge in [0.1, 0.15) is 6.10 Å². The molecule has 2 N–H and O–H groups in total. The lowest BCUT2D eigenvalue weighted by atomic mass is 10.0. The third kappa shape index (κ3) is 16.1. The Kier molecular flexibility index (Phi) is 16.9. The van der Waals surface area contributed by atoms with Crippen molar-refractivity contribution < 1.29 is 24.5 Å². The lowest BCUT2D eigenvalue weighted by Gasteiger charge is -2.13. The van der Waals surface area contributed by atoms with Crippen LogP contribution in [0.3, 0.4) is 0 Å². The van der Waals surface area contributed by atoms with Crippen LogP contribution < -0.4 is 0 Å². The molecule has 0 bridgehead atoms. The number of hydrogen-bond acceptors (Lipinski definition) is 4. The number of ether oxygens (including phenoxy) is 1. The molecule has 0 aliphatic carbocycles. The molecule has 25 heavy (non-hydrogen) atoms. The number of aliphatic carboxylic acids is 1. The quantitative estimate of drug-likeness (QED) is 0.221. The average molecular weight is 359 g/mol. The van der Waals surface area contributed by atoms with Crippen LogP contribution in [0.2, 0.25) is 0 Å². The van der Waals surface area contributed by atoms with E-state index in [2.05, 4.69) is 11.7 Å². The highest BCUT2D eigenvalue weighted by Crippen LogP contribution is 2.14. The summed E-state index contributed by atoms with van der Waals surface area (Å²) >= 11 is 0. The van der Waals surface area contributed by atoms with Gasteiger partial charge in [0.25, 0.3) is 0 Å². The summed E-state index contributed by atoms with van der Waals surface area (Å²) in [5.74, 6) is -2.90. The van der Waals surface area contributed by atoms with E-state index in [1.165, 1.54) is 70.6 Å². The normalized spacial score (nSPS) is 12.1. The van der Waals surface area contributed by atoms with Gasteiger partial charge in [-0.1, -0.05) is 90.4 Å². The maximum Gasteiger partial charge on any atom is 0.417 e. The van der Waals surface area contributed by atoms with Crippen molar-refractivity contribution in [2.45, 2.75) is 109 Å². The Hall–Kier alpha value is -1.10. The topological polar surface area (TPSA) is 83.8 Å². The Labute approximate surface area is 153 Å². The number of esters is 1. The van der Waals surface area contributed by atoms with Crippen LogP contribution in [-0.4, -0.2) is 34.9 Å². The van der Waals surface area contributed by atoms with Crippen molar-refractivity contribution >= 4 is 11.9 Å². The highest BCUT2D eigenvalue weighted by molar-refractivity contribution is 6.28. The maximum atomic E-state index is 10.9. The zero-order valence-electron chi connectivity index (χ0n) is 16.0. The van der Waals surface area contributed by atoms with Crippen LogP contribution in [0.15, 0.2) is 0 Å². The van der Waals surface area contributed by atoms with E-state index in [0.717, 1.165) is 19.3 Å². The number of carbonyl (C=O) groups is 2. The van der Waals surface area contributed by atoms with E-state index < -0.39 is 18.0 Å². The summed E-state index contributed by atoms with van der Waals surface area (Å²) < 4.78 is 4.69. The second kappa shape index (κ2) is 17.7. The third-order valence-electron chi connectivity index (χ3n) is 4.53. The smallest absolute Gasteiger partial charge is 0.417 e. The van der Waals surface area contributed by atoms with E-state index in [4.69, 9.17) is 10.2 Å². The number of rotatable bonds is 17. The zero-order chi connectivity index (χ0) is 18.8. The second-order valence-electron chi connectivity index (χ2n) is 6.90. The van der Waals surface area contributed by atoms with Crippen LogP contribution >= 0.6 is 0 Å². The second-order valence-corrected chi connectivity index (χ2v) is 6.90. The van der Waals surface area contributed by atoms with Gasteiger partial charge < -0.3 is 14.9 Å². The molecule has 0 heterocycles. The van der Waals surface area contributed by atoms with E-state index in [1.807, 2.05) is 0 Å². The summed E-state index contributed by atoms with van der Waals surface area (Å²) in [7, 11) is 0. The van der Waals surface area contributed by atoms with Gasteiger partial charge in [-0.3, -0.25) is 0 Å². The van der Waals surface area contributed by atoms with E-state index >= 15 is 0 Å². The summed E-state index contributed by atoms with van der Waals surface area (Å²) in [6, 6.07) is 0. The maximum absolute atomic E-state index is 10.9. The minimum absolute atomic E-state index is 0.322. The van der Waals surface area contributed by atoms with Crippen LogP contribution in [0.5, 0.6) is 0 Å². The van der Waals surface area contributed by atoms with E-state index in [0.29, 0.717) is 6.42 Å². The SMILES string of the molecule is CCCCCCCCCCCCCCCCC(CO)OC(=O)C(=O)O. The van der Waals surface area contributed by atoms with Gasteiger partial charge in [-0.15, -0.1) is 0 Å². The highest BCUT2D eigenvalue weighted by Gasteiger charge is 2.18. The fourth-order valence-corrected chi connectivity index (χ4v) is 2.96. The number of carboxylic acids is 1. The lowest BCUT2D eigenvalue weighted by molar-refractivity contribution is -0.168. The molecule has 0 aromatic heterocycles. The molecule has 0 saturated carbocycles. The van der Waals surface area contributed by atoms with Crippen LogP contribution in [0.25, 0.3) is 0 Å². The Balaban J connectivity index is 3.32. The van der Waals surface area contributed by atoms with Gasteiger partial charge in [0.15, 0.2) is 0 Å². The molecule has 0 rings (SSSR count). The monoisotopic (exact) mass is 358 g/mol. The first-order chi connectivity index (χ1) is 12.1. The van der Waals surface area contributed by atoms with Crippen LogP contribution in [0, 0.1) is 0 Å². The molecular weight excluding hydrogens is 320 g/mol. The number of carboxylic acid groups (broad SMARTS) is 1. The van der Waals surface area contributed by atoms with Gasteiger partial charge in [0.2, 0.25) is 0 Å². The van der Waals surface area contributed by atoms with Gasteiger partial charge in [-0.2, -0.15) is 0 Å². The molecule has 5 heteroatoms. The molecule has 0 aliphatic rings. The van der Waals surface area contributed by atoms with Crippen molar-refractivity contribution in [3.8, 4) is 0 Å². The third-order valence-corrected chi connectivity index (χ3v) is 4.53. The molecule has 0 saturated heterocycles. The minimum Gasteiger partial charge on any atom is -0.473 e. The molecule has 0 aliphatic heterocycles. The predicted octanol–water partition coefficient (Wildman–Crippen LogP) is 4.85. The number of aliphatic hydroxyl groups is 1. The van der Waals surface area contributed by atoms with Gasteiger partial charge in [0, 0.05) is 0 Å². The van der Waals surface area contributed by atoms with Gasteiger partial charge in [-0.25, -0.2) is 9.59 Å². The van der Waals surface area contributed by atoms with Crippen LogP contribution in [-0.2, 0) is 14.3 Å². The van der Waals surface area contributed by atoms with Gasteiger partial charge in [0.05, 0.1) is 6.61 Å². The molecule has 5 nitrogen and oxygen atoms in total. The first-order valence-corrected chi connectivity index (χ1v) is 10.2. The lowest BCUT2D eigenvalue weighted by Crippen LogP contribution is -2.26. The van der Waals surface area contributed by atoms with Crippen LogP contribution in [0.1, 0.15) is 103 Å². The molecule has 148 valence electrons. The summed E-state index contributed by atoms with van der Waals surface area (Å²) in [6.07, 6.45) is 17.6. The molecule has 1 unspecified atom stereocenters. The van der Waals surface area contributed by atoms with Crippen molar-refractivity contribution in [1.82, 2.24) is 0 Å². The number of carbonyl (C=O) groups excluding carboxylic acids is 1. The summed E-state index contributed by atoms with van der Waals surface area (Å²) in [5, 5.41) is 17.6.